The summed E-state index contributed by atoms with van der Waals surface area (Å²) >= 11 is 0. The van der Waals surface area contributed by atoms with Crippen molar-refractivity contribution in [2.75, 3.05) is 26.3 Å². The third kappa shape index (κ3) is 6.08. The summed E-state index contributed by atoms with van der Waals surface area (Å²) in [4.78, 5) is 24.0. The maximum atomic E-state index is 13.4. The standard InChI is InChI=1S/C22H22FN3O4/c23-19-8-6-18(7-9-19)20(22(28)24-26-11-13-30-14-12-26)15-17-3-1-16(2-4-17)5-10-21(27)25-29/h1-10,15,29H,11-14H2,(H,24,28)(H,25,27). The molecule has 156 valence electrons. The lowest BCUT2D eigenvalue weighted by molar-refractivity contribution is -0.124. The van der Waals surface area contributed by atoms with Crippen LogP contribution in [0.5, 0.6) is 0 Å². The van der Waals surface area contributed by atoms with E-state index in [2.05, 4.69) is 5.43 Å². The lowest BCUT2D eigenvalue weighted by atomic mass is 10.0. The second-order valence-corrected chi connectivity index (χ2v) is 6.58. The summed E-state index contributed by atoms with van der Waals surface area (Å²) in [7, 11) is 0. The van der Waals surface area contributed by atoms with Crippen molar-refractivity contribution in [3.05, 3.63) is 77.1 Å². The molecule has 0 bridgehead atoms. The Morgan fingerprint density at radius 3 is 2.27 bits per heavy atom. The van der Waals surface area contributed by atoms with E-state index in [1.807, 2.05) is 0 Å². The van der Waals surface area contributed by atoms with E-state index in [0.717, 1.165) is 11.1 Å². The molecule has 30 heavy (non-hydrogen) atoms. The van der Waals surface area contributed by atoms with Crippen LogP contribution in [-0.2, 0) is 14.3 Å². The smallest absolute Gasteiger partial charge is 0.267 e. The van der Waals surface area contributed by atoms with Crippen LogP contribution in [0.1, 0.15) is 16.7 Å². The van der Waals surface area contributed by atoms with Gasteiger partial charge in [0.2, 0.25) is 0 Å². The highest BCUT2D eigenvalue weighted by Gasteiger charge is 2.17. The number of carbonyl (C=O) groups is 2. The summed E-state index contributed by atoms with van der Waals surface area (Å²) in [6.45, 7) is 2.26. The largest absolute Gasteiger partial charge is 0.379 e. The van der Waals surface area contributed by atoms with Crippen LogP contribution in [0, 0.1) is 5.82 Å². The van der Waals surface area contributed by atoms with Gasteiger partial charge in [0.1, 0.15) is 5.82 Å². The Labute approximate surface area is 173 Å². The van der Waals surface area contributed by atoms with Gasteiger partial charge in [-0.1, -0.05) is 36.4 Å². The van der Waals surface area contributed by atoms with Gasteiger partial charge in [-0.3, -0.25) is 20.2 Å². The molecule has 0 atom stereocenters. The number of rotatable bonds is 6. The number of hydrazine groups is 1. The average molecular weight is 411 g/mol. The highest BCUT2D eigenvalue weighted by Crippen LogP contribution is 2.20. The Morgan fingerprint density at radius 2 is 1.63 bits per heavy atom. The zero-order chi connectivity index (χ0) is 21.3. The number of ether oxygens (including phenoxy) is 1. The number of carbonyl (C=O) groups excluding carboxylic acids is 2. The van der Waals surface area contributed by atoms with Gasteiger partial charge in [0, 0.05) is 24.7 Å². The number of hydroxylamine groups is 1. The van der Waals surface area contributed by atoms with Crippen molar-refractivity contribution < 1.29 is 23.9 Å². The molecule has 3 N–H and O–H groups in total. The van der Waals surface area contributed by atoms with Crippen LogP contribution in [0.2, 0.25) is 0 Å². The fourth-order valence-corrected chi connectivity index (χ4v) is 2.87. The quantitative estimate of drug-likeness (QED) is 0.294. The van der Waals surface area contributed by atoms with Gasteiger partial charge < -0.3 is 4.74 Å². The molecule has 1 heterocycles. The van der Waals surface area contributed by atoms with E-state index in [0.29, 0.717) is 37.4 Å². The van der Waals surface area contributed by atoms with Crippen molar-refractivity contribution in [3.63, 3.8) is 0 Å². The number of amides is 2. The number of benzene rings is 2. The lowest BCUT2D eigenvalue weighted by Gasteiger charge is -2.27. The van der Waals surface area contributed by atoms with Gasteiger partial charge in [-0.15, -0.1) is 0 Å². The molecule has 0 spiro atoms. The van der Waals surface area contributed by atoms with Crippen molar-refractivity contribution in [1.82, 2.24) is 15.9 Å². The van der Waals surface area contributed by atoms with Crippen molar-refractivity contribution in [2.45, 2.75) is 0 Å². The molecule has 0 unspecified atom stereocenters. The molecule has 2 amide bonds. The SMILES string of the molecule is O=C(C=Cc1ccc(C=C(C(=O)NN2CCOCC2)c2ccc(F)cc2)cc1)NO. The van der Waals surface area contributed by atoms with Crippen LogP contribution in [-0.4, -0.2) is 48.3 Å². The van der Waals surface area contributed by atoms with Gasteiger partial charge >= 0.3 is 0 Å². The summed E-state index contributed by atoms with van der Waals surface area (Å²) in [5, 5.41) is 10.3. The maximum Gasteiger partial charge on any atom is 0.267 e. The molecule has 7 nitrogen and oxygen atoms in total. The first-order chi connectivity index (χ1) is 14.5. The third-order valence-electron chi connectivity index (χ3n) is 4.46. The summed E-state index contributed by atoms with van der Waals surface area (Å²) < 4.78 is 18.7. The predicted octanol–water partition coefficient (Wildman–Crippen LogP) is 2.25. The summed E-state index contributed by atoms with van der Waals surface area (Å²) in [5.41, 5.74) is 6.89. The molecule has 1 aliphatic rings. The molecule has 3 rings (SSSR count). The van der Waals surface area contributed by atoms with Crippen LogP contribution in [0.3, 0.4) is 0 Å². The lowest BCUT2D eigenvalue weighted by Crippen LogP contribution is -2.48. The molecule has 1 aliphatic heterocycles. The maximum absolute atomic E-state index is 13.4. The second kappa shape index (κ2) is 10.4. The molecule has 0 radical (unpaired) electrons. The van der Waals surface area contributed by atoms with Crippen LogP contribution in [0.15, 0.2) is 54.6 Å². The van der Waals surface area contributed by atoms with Crippen LogP contribution in [0.25, 0.3) is 17.7 Å². The molecule has 1 saturated heterocycles. The van der Waals surface area contributed by atoms with Gasteiger partial charge in [0.25, 0.3) is 11.8 Å². The first-order valence-corrected chi connectivity index (χ1v) is 9.39. The molecule has 2 aromatic rings. The first-order valence-electron chi connectivity index (χ1n) is 9.39. The van der Waals surface area contributed by atoms with Crippen molar-refractivity contribution >= 4 is 29.5 Å². The summed E-state index contributed by atoms with van der Waals surface area (Å²) in [6, 6.07) is 12.9. The van der Waals surface area contributed by atoms with Crippen LogP contribution >= 0.6 is 0 Å². The molecule has 1 fully saturated rings. The molecule has 0 aliphatic carbocycles. The normalized spacial score (nSPS) is 15.2. The molecule has 2 aromatic carbocycles. The predicted molar refractivity (Wildman–Crippen MR) is 110 cm³/mol. The number of hydrogen-bond acceptors (Lipinski definition) is 5. The minimum absolute atomic E-state index is 0.299. The van der Waals surface area contributed by atoms with Gasteiger partial charge in [0.15, 0.2) is 0 Å². The minimum atomic E-state index is -0.627. The fraction of sp³-hybridized carbons (Fsp3) is 0.182. The topological polar surface area (TPSA) is 90.9 Å². The van der Waals surface area contributed by atoms with Gasteiger partial charge in [-0.2, -0.15) is 0 Å². The summed E-state index contributed by atoms with van der Waals surface area (Å²) in [6.07, 6.45) is 4.46. The third-order valence-corrected chi connectivity index (χ3v) is 4.46. The zero-order valence-electron chi connectivity index (χ0n) is 16.2. The average Bonchev–Trinajstić information content (AvgIpc) is 2.78. The van der Waals surface area contributed by atoms with E-state index in [1.165, 1.54) is 23.7 Å². The molecule has 0 saturated carbocycles. The number of morpholine rings is 1. The highest BCUT2D eigenvalue weighted by atomic mass is 19.1. The molecule has 8 heteroatoms. The Morgan fingerprint density at radius 1 is 1.00 bits per heavy atom. The number of nitrogens with one attached hydrogen (secondary N) is 2. The number of halogens is 1. The van der Waals surface area contributed by atoms with Crippen LogP contribution in [0.4, 0.5) is 4.39 Å². The van der Waals surface area contributed by atoms with E-state index in [1.54, 1.807) is 53.6 Å². The molecule has 0 aromatic heterocycles. The fourth-order valence-electron chi connectivity index (χ4n) is 2.87. The Hall–Kier alpha value is -3.33. The Bertz CT molecular complexity index is 934. The van der Waals surface area contributed by atoms with E-state index in [9.17, 15) is 14.0 Å². The first kappa shape index (κ1) is 21.4. The monoisotopic (exact) mass is 411 g/mol. The highest BCUT2D eigenvalue weighted by molar-refractivity contribution is 6.24. The van der Waals surface area contributed by atoms with Gasteiger partial charge in [0.05, 0.1) is 13.2 Å². The van der Waals surface area contributed by atoms with Crippen LogP contribution < -0.4 is 10.9 Å². The molecular formula is C22H22FN3O4. The van der Waals surface area contributed by atoms with E-state index >= 15 is 0 Å². The van der Waals surface area contributed by atoms with Crippen molar-refractivity contribution in [2.24, 2.45) is 0 Å². The zero-order valence-corrected chi connectivity index (χ0v) is 16.2. The van der Waals surface area contributed by atoms with Crippen molar-refractivity contribution in [3.8, 4) is 0 Å². The Kier molecular flexibility index (Phi) is 7.45. The van der Waals surface area contributed by atoms with E-state index in [4.69, 9.17) is 9.94 Å². The van der Waals surface area contributed by atoms with Gasteiger partial charge in [-0.05, 0) is 41.0 Å². The number of hydrogen-bond donors (Lipinski definition) is 3. The molecular weight excluding hydrogens is 389 g/mol. The summed E-state index contributed by atoms with van der Waals surface area (Å²) in [5.74, 6) is -1.31. The number of nitrogens with zero attached hydrogens (tertiary/aromatic N) is 1. The van der Waals surface area contributed by atoms with E-state index in [-0.39, 0.29) is 11.7 Å². The van der Waals surface area contributed by atoms with Crippen molar-refractivity contribution in [1.29, 1.82) is 0 Å². The van der Waals surface area contributed by atoms with Gasteiger partial charge in [-0.25, -0.2) is 14.9 Å². The minimum Gasteiger partial charge on any atom is -0.379 e. The Balaban J connectivity index is 1.84. The second-order valence-electron chi connectivity index (χ2n) is 6.58. The van der Waals surface area contributed by atoms with E-state index < -0.39 is 5.91 Å².